The topological polar surface area (TPSA) is 117 Å². The van der Waals surface area contributed by atoms with Crippen LogP contribution in [0, 0.1) is 10.1 Å². The number of benzene rings is 1. The molecule has 30 heavy (non-hydrogen) atoms. The lowest BCUT2D eigenvalue weighted by molar-refractivity contribution is -0.384. The van der Waals surface area contributed by atoms with E-state index in [1.807, 2.05) is 19.0 Å². The van der Waals surface area contributed by atoms with E-state index >= 15 is 0 Å². The molecule has 0 radical (unpaired) electrons. The zero-order chi connectivity index (χ0) is 21.8. The van der Waals surface area contributed by atoms with Gasteiger partial charge in [0.15, 0.2) is 0 Å². The number of Topliss-reactive ketones (excluding diaryl/α,β-unsaturated/α-hetero) is 1. The van der Waals surface area contributed by atoms with Gasteiger partial charge in [-0.25, -0.2) is 0 Å². The van der Waals surface area contributed by atoms with Crippen molar-refractivity contribution in [2.75, 3.05) is 27.2 Å². The van der Waals surface area contributed by atoms with Crippen molar-refractivity contribution in [1.82, 2.24) is 14.8 Å². The van der Waals surface area contributed by atoms with E-state index < -0.39 is 22.7 Å². The summed E-state index contributed by atoms with van der Waals surface area (Å²) in [4.78, 5) is 43.4. The third-order valence-corrected chi connectivity index (χ3v) is 4.92. The number of likely N-dealkylation sites (tertiary alicyclic amines) is 1. The minimum absolute atomic E-state index is 0.0371. The van der Waals surface area contributed by atoms with Crippen LogP contribution in [-0.2, 0) is 9.59 Å². The van der Waals surface area contributed by atoms with Gasteiger partial charge < -0.3 is 14.9 Å². The van der Waals surface area contributed by atoms with Crippen LogP contribution in [0.4, 0.5) is 5.69 Å². The lowest BCUT2D eigenvalue weighted by Crippen LogP contribution is -2.32. The van der Waals surface area contributed by atoms with E-state index in [2.05, 4.69) is 4.98 Å². The third-order valence-electron chi connectivity index (χ3n) is 4.92. The first-order valence-electron chi connectivity index (χ1n) is 9.39. The summed E-state index contributed by atoms with van der Waals surface area (Å²) in [6.07, 6.45) is 3.57. The van der Waals surface area contributed by atoms with Crippen LogP contribution in [-0.4, -0.2) is 63.7 Å². The Bertz CT molecular complexity index is 986. The quantitative estimate of drug-likeness (QED) is 0.245. The summed E-state index contributed by atoms with van der Waals surface area (Å²) < 4.78 is 0. The molecule has 0 bridgehead atoms. The number of hydrogen-bond acceptors (Lipinski definition) is 7. The van der Waals surface area contributed by atoms with Gasteiger partial charge in [-0.3, -0.25) is 24.7 Å². The summed E-state index contributed by atoms with van der Waals surface area (Å²) in [7, 11) is 3.82. The van der Waals surface area contributed by atoms with Crippen LogP contribution in [0.25, 0.3) is 5.76 Å². The molecule has 0 aliphatic carbocycles. The van der Waals surface area contributed by atoms with Crippen LogP contribution in [0.2, 0.25) is 0 Å². The molecule has 0 saturated carbocycles. The lowest BCUT2D eigenvalue weighted by Gasteiger charge is -2.25. The number of nitro groups is 1. The van der Waals surface area contributed by atoms with Crippen LogP contribution in [0.15, 0.2) is 54.4 Å². The molecule has 1 aliphatic rings. The number of nitrogens with zero attached hydrogens (tertiary/aromatic N) is 4. The molecule has 1 aliphatic heterocycles. The van der Waals surface area contributed by atoms with Gasteiger partial charge in [0.25, 0.3) is 17.4 Å². The molecule has 0 spiro atoms. The first-order valence-corrected chi connectivity index (χ1v) is 9.39. The molecular weight excluding hydrogens is 388 g/mol. The highest BCUT2D eigenvalue weighted by molar-refractivity contribution is 6.46. The van der Waals surface area contributed by atoms with Gasteiger partial charge in [-0.1, -0.05) is 0 Å². The summed E-state index contributed by atoms with van der Waals surface area (Å²) in [5, 5.41) is 21.8. The van der Waals surface area contributed by atoms with E-state index in [1.54, 1.807) is 12.1 Å². The average Bonchev–Trinajstić information content (AvgIpc) is 2.98. The van der Waals surface area contributed by atoms with E-state index in [-0.39, 0.29) is 17.0 Å². The molecule has 1 atom stereocenters. The van der Waals surface area contributed by atoms with Crippen molar-refractivity contribution in [3.8, 4) is 0 Å². The van der Waals surface area contributed by atoms with E-state index in [9.17, 15) is 24.8 Å². The summed E-state index contributed by atoms with van der Waals surface area (Å²) >= 11 is 0. The molecule has 1 saturated heterocycles. The van der Waals surface area contributed by atoms with Gasteiger partial charge in [0.05, 0.1) is 16.5 Å². The molecule has 1 aromatic carbocycles. The number of hydrogen-bond donors (Lipinski definition) is 1. The summed E-state index contributed by atoms with van der Waals surface area (Å²) in [5.41, 5.74) is 0.741. The number of amides is 1. The third kappa shape index (κ3) is 4.20. The molecule has 3 rings (SSSR count). The number of carbonyl (C=O) groups excluding carboxylic acids is 2. The molecule has 1 N–H and O–H groups in total. The molecule has 1 aromatic heterocycles. The standard InChI is InChI=1S/C21H22N4O5/c1-23(2)12-3-13-24-18(14-4-6-16(7-5-14)25(29)30)17(20(27)21(24)28)19(26)15-8-10-22-11-9-15/h4-11,18,26H,3,12-13H2,1-2H3/b19-17+/t18-/m1/s1. The van der Waals surface area contributed by atoms with Gasteiger partial charge in [-0.15, -0.1) is 0 Å². The fourth-order valence-electron chi connectivity index (χ4n) is 3.46. The minimum Gasteiger partial charge on any atom is -0.507 e. The number of rotatable bonds is 7. The number of nitro benzene ring substituents is 1. The predicted octanol–water partition coefficient (Wildman–Crippen LogP) is 2.36. The van der Waals surface area contributed by atoms with Crippen molar-refractivity contribution in [2.24, 2.45) is 0 Å². The molecule has 2 heterocycles. The second kappa shape index (κ2) is 8.83. The summed E-state index contributed by atoms with van der Waals surface area (Å²) in [6, 6.07) is 7.91. The maximum atomic E-state index is 12.8. The Balaban J connectivity index is 2.08. The number of non-ortho nitro benzene ring substituents is 1. The fraction of sp³-hybridized carbons (Fsp3) is 0.286. The highest BCUT2D eigenvalue weighted by Gasteiger charge is 2.45. The fourth-order valence-corrected chi connectivity index (χ4v) is 3.46. The highest BCUT2D eigenvalue weighted by atomic mass is 16.6. The number of aliphatic hydroxyl groups is 1. The second-order valence-corrected chi connectivity index (χ2v) is 7.23. The van der Waals surface area contributed by atoms with Gasteiger partial charge >= 0.3 is 0 Å². The van der Waals surface area contributed by atoms with Crippen molar-refractivity contribution < 1.29 is 19.6 Å². The van der Waals surface area contributed by atoms with Crippen LogP contribution >= 0.6 is 0 Å². The Hall–Kier alpha value is -3.59. The maximum Gasteiger partial charge on any atom is 0.295 e. The van der Waals surface area contributed by atoms with Gasteiger partial charge in [0.1, 0.15) is 5.76 Å². The zero-order valence-electron chi connectivity index (χ0n) is 16.7. The zero-order valence-corrected chi connectivity index (χ0v) is 16.7. The van der Waals surface area contributed by atoms with Crippen LogP contribution in [0.1, 0.15) is 23.6 Å². The predicted molar refractivity (Wildman–Crippen MR) is 110 cm³/mol. The van der Waals surface area contributed by atoms with Crippen LogP contribution < -0.4 is 0 Å². The SMILES string of the molecule is CN(C)CCCN1C(=O)C(=O)/C(=C(/O)c2ccncc2)[C@H]1c1ccc([N+](=O)[O-])cc1. The Morgan fingerprint density at radius 1 is 1.17 bits per heavy atom. The largest absolute Gasteiger partial charge is 0.507 e. The van der Waals surface area contributed by atoms with Gasteiger partial charge in [0, 0.05) is 36.6 Å². The Morgan fingerprint density at radius 2 is 1.80 bits per heavy atom. The number of carbonyl (C=O) groups is 2. The molecule has 156 valence electrons. The number of aliphatic hydroxyl groups excluding tert-OH is 1. The Kier molecular flexibility index (Phi) is 6.22. The van der Waals surface area contributed by atoms with E-state index in [0.717, 1.165) is 0 Å². The Morgan fingerprint density at radius 3 is 2.37 bits per heavy atom. The van der Waals surface area contributed by atoms with Gasteiger partial charge in [0.2, 0.25) is 0 Å². The summed E-state index contributed by atoms with van der Waals surface area (Å²) in [6.45, 7) is 1.01. The van der Waals surface area contributed by atoms with Crippen molar-refractivity contribution in [2.45, 2.75) is 12.5 Å². The normalized spacial score (nSPS) is 18.2. The Labute approximate surface area is 173 Å². The minimum atomic E-state index is -0.832. The van der Waals surface area contributed by atoms with E-state index in [0.29, 0.717) is 30.6 Å². The number of aromatic nitrogens is 1. The van der Waals surface area contributed by atoms with E-state index in [4.69, 9.17) is 0 Å². The maximum absolute atomic E-state index is 12.8. The molecule has 9 nitrogen and oxygen atoms in total. The van der Waals surface area contributed by atoms with Crippen molar-refractivity contribution in [3.63, 3.8) is 0 Å². The summed E-state index contributed by atoms with van der Waals surface area (Å²) in [5.74, 6) is -1.78. The molecule has 1 amide bonds. The van der Waals surface area contributed by atoms with Crippen LogP contribution in [0.5, 0.6) is 0 Å². The molecular formula is C21H22N4O5. The number of pyridine rings is 1. The van der Waals surface area contributed by atoms with Gasteiger partial charge in [-0.2, -0.15) is 0 Å². The van der Waals surface area contributed by atoms with E-state index in [1.165, 1.54) is 41.6 Å². The number of ketones is 1. The van der Waals surface area contributed by atoms with Crippen molar-refractivity contribution in [1.29, 1.82) is 0 Å². The molecule has 1 fully saturated rings. The molecule has 2 aromatic rings. The van der Waals surface area contributed by atoms with Crippen LogP contribution in [0.3, 0.4) is 0 Å². The first kappa shape index (κ1) is 21.1. The smallest absolute Gasteiger partial charge is 0.295 e. The first-order chi connectivity index (χ1) is 14.3. The highest BCUT2D eigenvalue weighted by Crippen LogP contribution is 2.39. The van der Waals surface area contributed by atoms with Crippen molar-refractivity contribution in [3.05, 3.63) is 75.6 Å². The van der Waals surface area contributed by atoms with Crippen molar-refractivity contribution >= 4 is 23.1 Å². The molecule has 9 heteroatoms. The molecule has 0 unspecified atom stereocenters. The second-order valence-electron chi connectivity index (χ2n) is 7.23. The monoisotopic (exact) mass is 410 g/mol. The lowest BCUT2D eigenvalue weighted by atomic mass is 9.95. The average molecular weight is 410 g/mol. The van der Waals surface area contributed by atoms with Gasteiger partial charge in [-0.05, 0) is 56.9 Å².